The van der Waals surface area contributed by atoms with Crippen molar-refractivity contribution in [1.82, 2.24) is 14.9 Å². The van der Waals surface area contributed by atoms with Crippen LogP contribution in [0.3, 0.4) is 0 Å². The minimum absolute atomic E-state index is 0.0180. The molecule has 3 unspecified atom stereocenters. The lowest BCUT2D eigenvalue weighted by atomic mass is 9.97. The minimum Gasteiger partial charge on any atom is -0.508 e. The van der Waals surface area contributed by atoms with Crippen LogP contribution in [0.25, 0.3) is 0 Å². The van der Waals surface area contributed by atoms with Gasteiger partial charge in [0.15, 0.2) is 12.3 Å². The molecular formula is C28H27N3O6. The number of piperazine rings is 1. The molecule has 3 amide bonds. The van der Waals surface area contributed by atoms with Crippen LogP contribution in [0, 0.1) is 0 Å². The van der Waals surface area contributed by atoms with Gasteiger partial charge in [-0.15, -0.1) is 0 Å². The van der Waals surface area contributed by atoms with Crippen molar-refractivity contribution in [1.29, 1.82) is 0 Å². The lowest BCUT2D eigenvalue weighted by Crippen LogP contribution is -2.73. The maximum absolute atomic E-state index is 13.8. The van der Waals surface area contributed by atoms with Crippen molar-refractivity contribution in [2.45, 2.75) is 37.7 Å². The van der Waals surface area contributed by atoms with Gasteiger partial charge in [-0.05, 0) is 28.8 Å². The van der Waals surface area contributed by atoms with Crippen molar-refractivity contribution in [3.63, 3.8) is 0 Å². The van der Waals surface area contributed by atoms with Gasteiger partial charge < -0.3 is 20.0 Å². The van der Waals surface area contributed by atoms with E-state index in [0.717, 1.165) is 21.8 Å². The molecular weight excluding hydrogens is 474 g/mol. The summed E-state index contributed by atoms with van der Waals surface area (Å²) in [4.78, 5) is 48.6. The Hall–Kier alpha value is -4.37. The Morgan fingerprint density at radius 1 is 0.811 bits per heavy atom. The third-order valence-corrected chi connectivity index (χ3v) is 6.71. The monoisotopic (exact) mass is 501 g/mol. The largest absolute Gasteiger partial charge is 0.508 e. The number of fused-ring (bicyclic) bond motifs is 1. The van der Waals surface area contributed by atoms with Crippen LogP contribution in [0.15, 0.2) is 84.9 Å². The number of carbonyl (C=O) groups excluding carboxylic acids is 2. The molecule has 2 N–H and O–H groups in total. The van der Waals surface area contributed by atoms with E-state index in [1.165, 1.54) is 17.0 Å². The highest BCUT2D eigenvalue weighted by atomic mass is 16.7. The van der Waals surface area contributed by atoms with E-state index in [0.29, 0.717) is 0 Å². The second-order valence-electron chi connectivity index (χ2n) is 9.21. The molecule has 5 rings (SSSR count). The number of amides is 3. The summed E-state index contributed by atoms with van der Waals surface area (Å²) in [5.41, 5.74) is 2.44. The van der Waals surface area contributed by atoms with E-state index in [1.54, 1.807) is 17.0 Å². The van der Waals surface area contributed by atoms with Crippen LogP contribution < -0.4 is 0 Å². The molecule has 0 saturated carbocycles. The number of carbonyl (C=O) groups is 3. The lowest BCUT2D eigenvalue weighted by Gasteiger charge is -2.52. The van der Waals surface area contributed by atoms with E-state index in [-0.39, 0.29) is 37.6 Å². The molecule has 3 atom stereocenters. The highest BCUT2D eigenvalue weighted by Gasteiger charge is 2.53. The third-order valence-electron chi connectivity index (χ3n) is 6.71. The van der Waals surface area contributed by atoms with Crippen molar-refractivity contribution in [3.8, 4) is 5.75 Å². The number of benzene rings is 3. The van der Waals surface area contributed by atoms with Gasteiger partial charge in [-0.3, -0.25) is 14.4 Å². The number of hydrogen-bond donors (Lipinski definition) is 2. The second kappa shape index (κ2) is 10.3. The first-order valence-electron chi connectivity index (χ1n) is 12.1. The summed E-state index contributed by atoms with van der Waals surface area (Å²) in [5.74, 6) is -0.611. The maximum atomic E-state index is 13.8. The molecule has 0 aromatic heterocycles. The van der Waals surface area contributed by atoms with E-state index in [1.807, 2.05) is 60.7 Å². The molecule has 9 nitrogen and oxygen atoms in total. The standard InChI is InChI=1S/C28H27N3O6/c32-22-13-11-20(12-14-22)15-23-26(33)29(17-21-9-5-2-6-10-21)18-25-30(23)27(34)24(37-31(25)28(35)36)16-19-7-3-1-4-8-19/h1-14,23-25,32H,15-18H2,(H,35,36). The summed E-state index contributed by atoms with van der Waals surface area (Å²) in [5, 5.41) is 20.5. The van der Waals surface area contributed by atoms with E-state index in [2.05, 4.69) is 0 Å². The number of phenols is 1. The molecule has 190 valence electrons. The molecule has 0 radical (unpaired) electrons. The van der Waals surface area contributed by atoms with E-state index in [9.17, 15) is 24.6 Å². The topological polar surface area (TPSA) is 111 Å². The minimum atomic E-state index is -1.34. The molecule has 3 aromatic carbocycles. The Morgan fingerprint density at radius 3 is 2.03 bits per heavy atom. The number of phenolic OH excluding ortho intramolecular Hbond substituents is 1. The van der Waals surface area contributed by atoms with E-state index < -0.39 is 30.3 Å². The number of hydroxylamine groups is 2. The van der Waals surface area contributed by atoms with Gasteiger partial charge in [0.1, 0.15) is 11.8 Å². The fourth-order valence-corrected chi connectivity index (χ4v) is 4.93. The number of aromatic hydroxyl groups is 1. The number of carboxylic acid groups (broad SMARTS) is 1. The van der Waals surface area contributed by atoms with E-state index in [4.69, 9.17) is 4.84 Å². The van der Waals surface area contributed by atoms with Gasteiger partial charge in [0.05, 0.1) is 6.54 Å². The molecule has 3 aromatic rings. The summed E-state index contributed by atoms with van der Waals surface area (Å²) in [6.07, 6.45) is -3.09. The van der Waals surface area contributed by atoms with Gasteiger partial charge in [-0.25, -0.2) is 4.79 Å². The molecule has 37 heavy (non-hydrogen) atoms. The molecule has 0 spiro atoms. The van der Waals surface area contributed by atoms with Gasteiger partial charge in [0, 0.05) is 19.4 Å². The van der Waals surface area contributed by atoms with Crippen molar-refractivity contribution < 1.29 is 29.4 Å². The molecule has 2 fully saturated rings. The highest BCUT2D eigenvalue weighted by Crippen LogP contribution is 2.31. The fraction of sp³-hybridized carbons (Fsp3) is 0.250. The zero-order chi connectivity index (χ0) is 25.9. The second-order valence-corrected chi connectivity index (χ2v) is 9.21. The van der Waals surface area contributed by atoms with Gasteiger partial charge in [0.2, 0.25) is 5.91 Å². The quantitative estimate of drug-likeness (QED) is 0.537. The molecule has 2 heterocycles. The SMILES string of the molecule is O=C1C(Cc2ccc(O)cc2)N2C(=O)C(Cc3ccccc3)ON(C(=O)O)C2CN1Cc1ccccc1. The Bertz CT molecular complexity index is 1270. The Kier molecular flexibility index (Phi) is 6.78. The fourth-order valence-electron chi connectivity index (χ4n) is 4.93. The van der Waals surface area contributed by atoms with Gasteiger partial charge >= 0.3 is 6.09 Å². The number of rotatable bonds is 6. The third kappa shape index (κ3) is 5.12. The van der Waals surface area contributed by atoms with Crippen LogP contribution in [-0.2, 0) is 33.8 Å². The average Bonchev–Trinajstić information content (AvgIpc) is 2.90. The number of hydrogen-bond acceptors (Lipinski definition) is 5. The Morgan fingerprint density at radius 2 is 1.41 bits per heavy atom. The van der Waals surface area contributed by atoms with Gasteiger partial charge in [-0.2, -0.15) is 5.06 Å². The molecule has 0 bridgehead atoms. The molecule has 2 saturated heterocycles. The smallest absolute Gasteiger partial charge is 0.433 e. The Balaban J connectivity index is 1.50. The summed E-state index contributed by atoms with van der Waals surface area (Å²) >= 11 is 0. The van der Waals surface area contributed by atoms with Crippen LogP contribution in [0.4, 0.5) is 4.79 Å². The van der Waals surface area contributed by atoms with Crippen LogP contribution in [-0.4, -0.2) is 67.8 Å². The zero-order valence-electron chi connectivity index (χ0n) is 20.0. The first-order valence-corrected chi connectivity index (χ1v) is 12.1. The van der Waals surface area contributed by atoms with E-state index >= 15 is 0 Å². The lowest BCUT2D eigenvalue weighted by molar-refractivity contribution is -0.264. The summed E-state index contributed by atoms with van der Waals surface area (Å²) in [7, 11) is 0. The summed E-state index contributed by atoms with van der Waals surface area (Å²) in [6, 6.07) is 24.1. The Labute approximate surface area is 214 Å². The first-order chi connectivity index (χ1) is 17.9. The highest BCUT2D eigenvalue weighted by molar-refractivity contribution is 5.92. The normalized spacial score (nSPS) is 21.6. The predicted molar refractivity (Wildman–Crippen MR) is 133 cm³/mol. The molecule has 2 aliphatic heterocycles. The van der Waals surface area contributed by atoms with Crippen LogP contribution >= 0.6 is 0 Å². The van der Waals surface area contributed by atoms with Crippen LogP contribution in [0.5, 0.6) is 5.75 Å². The first kappa shape index (κ1) is 24.3. The van der Waals surface area contributed by atoms with Crippen molar-refractivity contribution in [3.05, 3.63) is 102 Å². The molecule has 0 aliphatic carbocycles. The summed E-state index contributed by atoms with van der Waals surface area (Å²) < 4.78 is 0. The van der Waals surface area contributed by atoms with Crippen molar-refractivity contribution in [2.75, 3.05) is 6.54 Å². The zero-order valence-corrected chi connectivity index (χ0v) is 20.0. The predicted octanol–water partition coefficient (Wildman–Crippen LogP) is 3.04. The number of nitrogens with zero attached hydrogens (tertiary/aromatic N) is 3. The van der Waals surface area contributed by atoms with Crippen molar-refractivity contribution in [2.24, 2.45) is 0 Å². The molecule has 9 heteroatoms. The van der Waals surface area contributed by atoms with Gasteiger partial charge in [-0.1, -0.05) is 72.8 Å². The average molecular weight is 502 g/mol. The summed E-state index contributed by atoms with van der Waals surface area (Å²) in [6.45, 7) is 0.251. The van der Waals surface area contributed by atoms with Crippen LogP contribution in [0.1, 0.15) is 16.7 Å². The van der Waals surface area contributed by atoms with Crippen molar-refractivity contribution >= 4 is 17.9 Å². The van der Waals surface area contributed by atoms with Gasteiger partial charge in [0.25, 0.3) is 5.91 Å². The maximum Gasteiger partial charge on any atom is 0.433 e. The van der Waals surface area contributed by atoms with Crippen LogP contribution in [0.2, 0.25) is 0 Å². The molecule has 2 aliphatic rings.